The quantitative estimate of drug-likeness (QED) is 0.902. The number of amides is 1. The molecule has 2 aliphatic rings. The average Bonchev–Trinajstić information content (AvgIpc) is 3.06. The molecule has 4 rings (SSSR count). The lowest BCUT2D eigenvalue weighted by Crippen LogP contribution is -2.53. The molecule has 2 saturated heterocycles. The minimum absolute atomic E-state index is 0.115. The second-order valence-electron chi connectivity index (χ2n) is 6.70. The molecule has 0 saturated carbocycles. The van der Waals surface area contributed by atoms with Crippen LogP contribution in [0.2, 0.25) is 0 Å². The Morgan fingerprint density at radius 1 is 1.21 bits per heavy atom. The van der Waals surface area contributed by atoms with Gasteiger partial charge in [0.2, 0.25) is 5.91 Å². The van der Waals surface area contributed by atoms with Gasteiger partial charge in [0.1, 0.15) is 11.6 Å². The third kappa shape index (κ3) is 3.11. The number of carbonyl (C=O) groups is 1. The van der Waals surface area contributed by atoms with Gasteiger partial charge in [0, 0.05) is 12.6 Å². The van der Waals surface area contributed by atoms with E-state index in [-0.39, 0.29) is 18.0 Å². The van der Waals surface area contributed by atoms with E-state index in [1.54, 1.807) is 0 Å². The van der Waals surface area contributed by atoms with Crippen LogP contribution in [0.3, 0.4) is 0 Å². The summed E-state index contributed by atoms with van der Waals surface area (Å²) in [5, 5.41) is 6.56. The molecule has 2 fully saturated rings. The van der Waals surface area contributed by atoms with Crippen molar-refractivity contribution in [2.75, 3.05) is 24.5 Å². The fourth-order valence-electron chi connectivity index (χ4n) is 3.68. The third-order valence-corrected chi connectivity index (χ3v) is 5.02. The minimum Gasteiger partial charge on any atom is -0.423 e. The Hall–Kier alpha value is -2.08. The van der Waals surface area contributed by atoms with Crippen LogP contribution in [0.25, 0.3) is 11.1 Å². The van der Waals surface area contributed by atoms with Gasteiger partial charge in [-0.15, -0.1) is 0 Å². The van der Waals surface area contributed by atoms with Gasteiger partial charge in [0.15, 0.2) is 5.58 Å². The molecule has 1 atom stereocenters. The van der Waals surface area contributed by atoms with E-state index in [9.17, 15) is 4.79 Å². The number of nitrogens with zero attached hydrogens (tertiary/aromatic N) is 2. The summed E-state index contributed by atoms with van der Waals surface area (Å²) >= 11 is 0. The van der Waals surface area contributed by atoms with E-state index in [0.717, 1.165) is 62.8 Å². The summed E-state index contributed by atoms with van der Waals surface area (Å²) in [6.07, 6.45) is 5.00. The van der Waals surface area contributed by atoms with Gasteiger partial charge in [-0.2, -0.15) is 4.98 Å². The summed E-state index contributed by atoms with van der Waals surface area (Å²) in [4.78, 5) is 19.4. The lowest BCUT2D eigenvalue weighted by Gasteiger charge is -2.35. The number of nitrogens with one attached hydrogen (secondary N) is 2. The van der Waals surface area contributed by atoms with Gasteiger partial charge >= 0.3 is 0 Å². The lowest BCUT2D eigenvalue weighted by atomic mass is 10.0. The number of carbonyl (C=O) groups excluding carboxylic acids is 1. The second kappa shape index (κ2) is 6.81. The number of hydrogen-bond donors (Lipinski definition) is 2. The molecule has 0 bridgehead atoms. The topological polar surface area (TPSA) is 70.4 Å². The summed E-state index contributed by atoms with van der Waals surface area (Å²) in [5.41, 5.74) is 1.62. The van der Waals surface area contributed by atoms with Gasteiger partial charge < -0.3 is 20.0 Å². The van der Waals surface area contributed by atoms with E-state index in [2.05, 4.69) is 15.6 Å². The van der Waals surface area contributed by atoms with Crippen molar-refractivity contribution in [3.05, 3.63) is 24.3 Å². The van der Waals surface area contributed by atoms with Crippen molar-refractivity contribution in [1.29, 1.82) is 0 Å². The normalized spacial score (nSPS) is 22.7. The molecule has 1 unspecified atom stereocenters. The van der Waals surface area contributed by atoms with Crippen molar-refractivity contribution in [3.8, 4) is 0 Å². The number of para-hydroxylation sites is 2. The van der Waals surface area contributed by atoms with Crippen molar-refractivity contribution in [1.82, 2.24) is 15.6 Å². The Morgan fingerprint density at radius 3 is 2.88 bits per heavy atom. The maximum absolute atomic E-state index is 12.8. The molecule has 2 N–H and O–H groups in total. The van der Waals surface area contributed by atoms with Crippen molar-refractivity contribution >= 4 is 23.0 Å². The molecule has 1 amide bonds. The van der Waals surface area contributed by atoms with Gasteiger partial charge in [-0.1, -0.05) is 12.1 Å². The van der Waals surface area contributed by atoms with Crippen LogP contribution in [-0.2, 0) is 4.79 Å². The van der Waals surface area contributed by atoms with E-state index in [1.165, 1.54) is 0 Å². The van der Waals surface area contributed by atoms with Crippen LogP contribution in [0.4, 0.5) is 6.01 Å². The van der Waals surface area contributed by atoms with E-state index < -0.39 is 0 Å². The van der Waals surface area contributed by atoms with Crippen molar-refractivity contribution in [3.63, 3.8) is 0 Å². The first-order valence-corrected chi connectivity index (χ1v) is 8.94. The van der Waals surface area contributed by atoms with Gasteiger partial charge in [-0.3, -0.25) is 4.79 Å². The molecule has 3 heterocycles. The Balaban J connectivity index is 1.52. The molecule has 1 aromatic carbocycles. The minimum atomic E-state index is -0.179. The maximum Gasteiger partial charge on any atom is 0.299 e. The van der Waals surface area contributed by atoms with Crippen LogP contribution in [0.15, 0.2) is 28.7 Å². The van der Waals surface area contributed by atoms with E-state index in [4.69, 9.17) is 4.42 Å². The standard InChI is InChI=1S/C18H24N4O2/c23-17(20-13-8-10-19-11-9-13)15-6-3-4-12-22(15)18-21-14-5-1-2-7-16(14)24-18/h1-2,5,7,13,15,19H,3-4,6,8-12H2,(H,20,23). The maximum atomic E-state index is 12.8. The highest BCUT2D eigenvalue weighted by molar-refractivity contribution is 5.85. The monoisotopic (exact) mass is 328 g/mol. The zero-order valence-corrected chi connectivity index (χ0v) is 13.8. The fraction of sp³-hybridized carbons (Fsp3) is 0.556. The number of piperidine rings is 2. The molecule has 0 spiro atoms. The van der Waals surface area contributed by atoms with Crippen LogP contribution < -0.4 is 15.5 Å². The van der Waals surface area contributed by atoms with E-state index >= 15 is 0 Å². The van der Waals surface area contributed by atoms with Crippen LogP contribution in [0.5, 0.6) is 0 Å². The average molecular weight is 328 g/mol. The van der Waals surface area contributed by atoms with Crippen molar-refractivity contribution in [2.24, 2.45) is 0 Å². The van der Waals surface area contributed by atoms with E-state index in [0.29, 0.717) is 6.01 Å². The van der Waals surface area contributed by atoms with Gasteiger partial charge in [-0.05, 0) is 57.3 Å². The van der Waals surface area contributed by atoms with Crippen LogP contribution in [-0.4, -0.2) is 42.6 Å². The predicted molar refractivity (Wildman–Crippen MR) is 93.0 cm³/mol. The summed E-state index contributed by atoms with van der Waals surface area (Å²) < 4.78 is 5.90. The molecule has 2 aliphatic heterocycles. The number of anilines is 1. The number of benzene rings is 1. The number of oxazole rings is 1. The molecule has 2 aromatic rings. The molecule has 6 nitrogen and oxygen atoms in total. The Bertz CT molecular complexity index is 675. The molecule has 0 radical (unpaired) electrons. The van der Waals surface area contributed by atoms with E-state index in [1.807, 2.05) is 29.2 Å². The highest BCUT2D eigenvalue weighted by Crippen LogP contribution is 2.28. The largest absolute Gasteiger partial charge is 0.423 e. The van der Waals surface area contributed by atoms with Gasteiger partial charge in [0.05, 0.1) is 0 Å². The zero-order chi connectivity index (χ0) is 16.4. The van der Waals surface area contributed by atoms with Crippen LogP contribution in [0, 0.1) is 0 Å². The summed E-state index contributed by atoms with van der Waals surface area (Å²) in [6, 6.07) is 8.42. The zero-order valence-electron chi connectivity index (χ0n) is 13.8. The Morgan fingerprint density at radius 2 is 2.04 bits per heavy atom. The smallest absolute Gasteiger partial charge is 0.299 e. The third-order valence-electron chi connectivity index (χ3n) is 5.02. The summed E-state index contributed by atoms with van der Waals surface area (Å²) in [7, 11) is 0. The molecule has 24 heavy (non-hydrogen) atoms. The Kier molecular flexibility index (Phi) is 4.38. The van der Waals surface area contributed by atoms with Gasteiger partial charge in [0.25, 0.3) is 6.01 Å². The van der Waals surface area contributed by atoms with Crippen LogP contribution in [0.1, 0.15) is 32.1 Å². The lowest BCUT2D eigenvalue weighted by molar-refractivity contribution is -0.123. The molecule has 0 aliphatic carbocycles. The first kappa shape index (κ1) is 15.4. The molecular formula is C18H24N4O2. The first-order valence-electron chi connectivity index (χ1n) is 8.94. The summed E-state index contributed by atoms with van der Waals surface area (Å²) in [5.74, 6) is 0.115. The molecule has 6 heteroatoms. The summed E-state index contributed by atoms with van der Waals surface area (Å²) in [6.45, 7) is 2.77. The first-order chi connectivity index (χ1) is 11.8. The molecule has 128 valence electrons. The second-order valence-corrected chi connectivity index (χ2v) is 6.70. The number of aromatic nitrogens is 1. The highest BCUT2D eigenvalue weighted by atomic mass is 16.4. The molecular weight excluding hydrogens is 304 g/mol. The molecule has 1 aromatic heterocycles. The van der Waals surface area contributed by atoms with Crippen molar-refractivity contribution < 1.29 is 9.21 Å². The van der Waals surface area contributed by atoms with Crippen molar-refractivity contribution in [2.45, 2.75) is 44.2 Å². The van der Waals surface area contributed by atoms with Gasteiger partial charge in [-0.25, -0.2) is 0 Å². The Labute approximate surface area is 141 Å². The number of fused-ring (bicyclic) bond motifs is 1. The SMILES string of the molecule is O=C(NC1CCNCC1)C1CCCCN1c1nc2ccccc2o1. The number of hydrogen-bond acceptors (Lipinski definition) is 5. The van der Waals surface area contributed by atoms with Crippen LogP contribution >= 0.6 is 0 Å². The predicted octanol–water partition coefficient (Wildman–Crippen LogP) is 2.05. The fourth-order valence-corrected chi connectivity index (χ4v) is 3.68. The number of rotatable bonds is 3. The highest BCUT2D eigenvalue weighted by Gasteiger charge is 2.33.